The first-order valence-corrected chi connectivity index (χ1v) is 17.0. The van der Waals surface area contributed by atoms with Gasteiger partial charge in [-0.05, 0) is 25.7 Å². The second-order valence-electron chi connectivity index (χ2n) is 11.8. The molecule has 1 aliphatic rings. The number of hydrogen-bond donors (Lipinski definition) is 0. The minimum Gasteiger partial charge on any atom is -0.356 e. The highest BCUT2D eigenvalue weighted by Gasteiger charge is 2.24. The zero-order valence-corrected chi connectivity index (χ0v) is 25.4. The van der Waals surface area contributed by atoms with E-state index in [-0.39, 0.29) is 0 Å². The fraction of sp³-hybridized carbons (Fsp3) is 0.941. The van der Waals surface area contributed by atoms with Gasteiger partial charge >= 0.3 is 0 Å². The molecule has 1 unspecified atom stereocenters. The van der Waals surface area contributed by atoms with Gasteiger partial charge in [0.25, 0.3) is 0 Å². The van der Waals surface area contributed by atoms with Crippen molar-refractivity contribution in [2.45, 2.75) is 194 Å². The summed E-state index contributed by atoms with van der Waals surface area (Å²) in [6.07, 6.45) is 42.5. The maximum absolute atomic E-state index is 2.70. The fourth-order valence-corrected chi connectivity index (χ4v) is 5.83. The monoisotopic (exact) mass is 505 g/mol. The normalized spacial score (nSPS) is 15.5. The van der Waals surface area contributed by atoms with Gasteiger partial charge in [0.05, 0.1) is 0 Å². The molecule has 0 amide bonds. The number of hydrogen-bond acceptors (Lipinski definition) is 2. The summed E-state index contributed by atoms with van der Waals surface area (Å²) in [6, 6.07) is 0. The van der Waals surface area contributed by atoms with Crippen LogP contribution in [-0.2, 0) is 0 Å². The first-order chi connectivity index (χ1) is 17.8. The van der Waals surface area contributed by atoms with Crippen LogP contribution in [0.3, 0.4) is 0 Å². The molecule has 214 valence electrons. The highest BCUT2D eigenvalue weighted by molar-refractivity contribution is 4.97. The molecule has 1 aliphatic heterocycles. The van der Waals surface area contributed by atoms with Crippen LogP contribution in [0.2, 0.25) is 0 Å². The minimum atomic E-state index is 0.642. The third-order valence-corrected chi connectivity index (χ3v) is 8.32. The van der Waals surface area contributed by atoms with Crippen molar-refractivity contribution >= 4 is 0 Å². The molecular formula is C34H68N2. The van der Waals surface area contributed by atoms with Crippen molar-refractivity contribution in [2.75, 3.05) is 13.1 Å². The van der Waals surface area contributed by atoms with Crippen molar-refractivity contribution in [3.05, 3.63) is 12.4 Å². The summed E-state index contributed by atoms with van der Waals surface area (Å²) in [5.41, 5.74) is 0. The van der Waals surface area contributed by atoms with Crippen molar-refractivity contribution in [2.24, 2.45) is 0 Å². The molecule has 2 heteroatoms. The Kier molecular flexibility index (Phi) is 24.1. The van der Waals surface area contributed by atoms with Gasteiger partial charge in [-0.25, -0.2) is 0 Å². The molecule has 2 nitrogen and oxygen atoms in total. The SMILES string of the molecule is CCCCCCCCCCCCCC1N(CCCCCC)C=CN1CCCCCCCCCCCC. The predicted molar refractivity (Wildman–Crippen MR) is 163 cm³/mol. The molecule has 1 heterocycles. The quantitative estimate of drug-likeness (QED) is 0.0977. The summed E-state index contributed by atoms with van der Waals surface area (Å²) in [4.78, 5) is 5.38. The van der Waals surface area contributed by atoms with Gasteiger partial charge in [-0.2, -0.15) is 0 Å². The summed E-state index contributed by atoms with van der Waals surface area (Å²) in [5, 5.41) is 0. The Morgan fingerprint density at radius 1 is 0.361 bits per heavy atom. The third-order valence-electron chi connectivity index (χ3n) is 8.32. The van der Waals surface area contributed by atoms with Gasteiger partial charge < -0.3 is 9.80 Å². The molecule has 1 rings (SSSR count). The average molecular weight is 505 g/mol. The van der Waals surface area contributed by atoms with Gasteiger partial charge in [0, 0.05) is 25.5 Å². The number of rotatable bonds is 28. The van der Waals surface area contributed by atoms with E-state index in [1.807, 2.05) is 0 Å². The second kappa shape index (κ2) is 26.0. The average Bonchev–Trinajstić information content (AvgIpc) is 3.27. The maximum Gasteiger partial charge on any atom is 0.101 e. The molecular weight excluding hydrogens is 436 g/mol. The highest BCUT2D eigenvalue weighted by Crippen LogP contribution is 2.24. The zero-order valence-electron chi connectivity index (χ0n) is 25.4. The van der Waals surface area contributed by atoms with E-state index in [9.17, 15) is 0 Å². The molecule has 0 aromatic heterocycles. The second-order valence-corrected chi connectivity index (χ2v) is 11.8. The van der Waals surface area contributed by atoms with Crippen molar-refractivity contribution in [3.8, 4) is 0 Å². The van der Waals surface area contributed by atoms with E-state index in [0.29, 0.717) is 6.17 Å². The molecule has 36 heavy (non-hydrogen) atoms. The molecule has 0 saturated heterocycles. The largest absolute Gasteiger partial charge is 0.356 e. The van der Waals surface area contributed by atoms with Gasteiger partial charge in [-0.3, -0.25) is 0 Å². The molecule has 0 aliphatic carbocycles. The third kappa shape index (κ3) is 18.6. The van der Waals surface area contributed by atoms with Crippen LogP contribution < -0.4 is 0 Å². The fourth-order valence-electron chi connectivity index (χ4n) is 5.83. The van der Waals surface area contributed by atoms with E-state index in [4.69, 9.17) is 0 Å². The lowest BCUT2D eigenvalue weighted by Crippen LogP contribution is -2.39. The van der Waals surface area contributed by atoms with Crippen molar-refractivity contribution in [1.82, 2.24) is 9.80 Å². The Hall–Kier alpha value is -0.660. The molecule has 0 saturated carbocycles. The molecule has 0 N–H and O–H groups in total. The summed E-state index contributed by atoms with van der Waals surface area (Å²) in [7, 11) is 0. The van der Waals surface area contributed by atoms with E-state index >= 15 is 0 Å². The van der Waals surface area contributed by atoms with Gasteiger partial charge in [-0.15, -0.1) is 0 Å². The number of unbranched alkanes of at least 4 members (excludes halogenated alkanes) is 22. The summed E-state index contributed by atoms with van der Waals surface area (Å²) < 4.78 is 0. The number of nitrogens with zero attached hydrogens (tertiary/aromatic N) is 2. The van der Waals surface area contributed by atoms with Gasteiger partial charge in [0.15, 0.2) is 0 Å². The zero-order chi connectivity index (χ0) is 25.9. The van der Waals surface area contributed by atoms with E-state index in [1.165, 1.54) is 180 Å². The maximum atomic E-state index is 2.70. The summed E-state index contributed by atoms with van der Waals surface area (Å²) in [5.74, 6) is 0. The van der Waals surface area contributed by atoms with Gasteiger partial charge in [0.2, 0.25) is 0 Å². The Labute approximate surface area is 229 Å². The molecule has 0 aromatic carbocycles. The Balaban J connectivity index is 2.19. The molecule has 1 atom stereocenters. The van der Waals surface area contributed by atoms with Crippen LogP contribution in [0.15, 0.2) is 12.4 Å². The molecule has 0 fully saturated rings. The van der Waals surface area contributed by atoms with Crippen LogP contribution >= 0.6 is 0 Å². The summed E-state index contributed by atoms with van der Waals surface area (Å²) in [6.45, 7) is 9.46. The lowest BCUT2D eigenvalue weighted by atomic mass is 10.0. The highest BCUT2D eigenvalue weighted by atomic mass is 15.4. The van der Waals surface area contributed by atoms with Crippen molar-refractivity contribution in [1.29, 1.82) is 0 Å². The Bertz CT molecular complexity index is 460. The van der Waals surface area contributed by atoms with E-state index in [2.05, 4.69) is 43.0 Å². The van der Waals surface area contributed by atoms with Crippen LogP contribution in [0, 0.1) is 0 Å². The first-order valence-electron chi connectivity index (χ1n) is 17.0. The molecule has 0 aromatic rings. The summed E-state index contributed by atoms with van der Waals surface area (Å²) >= 11 is 0. The van der Waals surface area contributed by atoms with Crippen molar-refractivity contribution in [3.63, 3.8) is 0 Å². The Morgan fingerprint density at radius 3 is 1.00 bits per heavy atom. The van der Waals surface area contributed by atoms with Crippen molar-refractivity contribution < 1.29 is 0 Å². The predicted octanol–water partition coefficient (Wildman–Crippen LogP) is 11.6. The topological polar surface area (TPSA) is 6.48 Å². The lowest BCUT2D eigenvalue weighted by Gasteiger charge is -2.33. The molecule has 0 bridgehead atoms. The van der Waals surface area contributed by atoms with Gasteiger partial charge in [0.1, 0.15) is 6.17 Å². The van der Waals surface area contributed by atoms with Crippen LogP contribution in [0.25, 0.3) is 0 Å². The smallest absolute Gasteiger partial charge is 0.101 e. The van der Waals surface area contributed by atoms with E-state index < -0.39 is 0 Å². The van der Waals surface area contributed by atoms with Gasteiger partial charge in [-0.1, -0.05) is 162 Å². The van der Waals surface area contributed by atoms with E-state index in [0.717, 1.165) is 0 Å². The standard InChI is InChI=1S/C34H68N2/c1-4-7-10-13-15-17-19-20-22-24-26-29-34-35(30-27-12-9-6-3)32-33-36(34)31-28-25-23-21-18-16-14-11-8-5-2/h32-34H,4-31H2,1-3H3. The molecule has 0 radical (unpaired) electrons. The lowest BCUT2D eigenvalue weighted by molar-refractivity contribution is 0.135. The minimum absolute atomic E-state index is 0.642. The first kappa shape index (κ1) is 33.4. The van der Waals surface area contributed by atoms with Crippen LogP contribution in [0.5, 0.6) is 0 Å². The Morgan fingerprint density at radius 2 is 0.639 bits per heavy atom. The van der Waals surface area contributed by atoms with Crippen LogP contribution in [0.1, 0.15) is 188 Å². The molecule has 0 spiro atoms. The van der Waals surface area contributed by atoms with Crippen LogP contribution in [0.4, 0.5) is 0 Å². The van der Waals surface area contributed by atoms with E-state index in [1.54, 1.807) is 0 Å². The van der Waals surface area contributed by atoms with Crippen LogP contribution in [-0.4, -0.2) is 29.1 Å².